The first-order valence-corrected chi connectivity index (χ1v) is 15.1. The van der Waals surface area contributed by atoms with Crippen molar-refractivity contribution in [2.45, 2.75) is 63.8 Å². The number of phenolic OH excluding ortho intramolecular Hbond substituents is 1. The maximum absolute atomic E-state index is 13.0. The average Bonchev–Trinajstić information content (AvgIpc) is 3.00. The summed E-state index contributed by atoms with van der Waals surface area (Å²) in [6.45, 7) is 3.96. The first kappa shape index (κ1) is 30.9. The molecule has 11 nitrogen and oxygen atoms in total. The summed E-state index contributed by atoms with van der Waals surface area (Å²) in [4.78, 5) is 52.4. The fourth-order valence-corrected chi connectivity index (χ4v) is 6.46. The molecule has 1 unspecified atom stereocenters. The minimum Gasteiger partial charge on any atom is -0.504 e. The number of hydrogen-bond donors (Lipinski definition) is 3. The van der Waals surface area contributed by atoms with Gasteiger partial charge in [0.1, 0.15) is 5.76 Å². The second-order valence-corrected chi connectivity index (χ2v) is 11.8. The van der Waals surface area contributed by atoms with Crippen LogP contribution in [0.3, 0.4) is 0 Å². The second-order valence-electron chi connectivity index (χ2n) is 11.8. The van der Waals surface area contributed by atoms with Crippen LogP contribution >= 0.6 is 0 Å². The van der Waals surface area contributed by atoms with Gasteiger partial charge in [-0.25, -0.2) is 0 Å². The van der Waals surface area contributed by atoms with E-state index in [9.17, 15) is 29.4 Å². The van der Waals surface area contributed by atoms with Gasteiger partial charge in [-0.15, -0.1) is 0 Å². The molecule has 4 heterocycles. The number of carbonyl (C=O) groups excluding carboxylic acids is 2. The molecule has 2 amide bonds. The van der Waals surface area contributed by atoms with Gasteiger partial charge in [0.15, 0.2) is 17.3 Å². The number of piperidine rings is 1. The minimum absolute atomic E-state index is 0.0279. The van der Waals surface area contributed by atoms with E-state index in [1.54, 1.807) is 31.2 Å². The van der Waals surface area contributed by atoms with Crippen LogP contribution in [0.4, 0.5) is 0 Å². The number of likely N-dealkylation sites (tertiary alicyclic amines) is 1. The molecule has 234 valence electrons. The van der Waals surface area contributed by atoms with Crippen molar-refractivity contribution in [2.24, 2.45) is 5.92 Å². The molecular formula is C33H39N3O8. The Morgan fingerprint density at radius 3 is 2.68 bits per heavy atom. The molecule has 11 heteroatoms. The number of rotatable bonds is 11. The molecule has 0 spiro atoms. The fraction of sp³-hybridized carbons (Fsp3) is 0.455. The highest BCUT2D eigenvalue weighted by Gasteiger charge is 2.36. The molecule has 0 aliphatic carbocycles. The van der Waals surface area contributed by atoms with E-state index in [1.165, 1.54) is 19.2 Å². The summed E-state index contributed by atoms with van der Waals surface area (Å²) in [6.07, 6.45) is 3.48. The van der Waals surface area contributed by atoms with Gasteiger partial charge in [0.05, 0.1) is 13.0 Å². The normalized spacial score (nSPS) is 17.9. The van der Waals surface area contributed by atoms with Crippen LogP contribution in [0.15, 0.2) is 56.5 Å². The van der Waals surface area contributed by atoms with Gasteiger partial charge in [-0.05, 0) is 55.9 Å². The number of aromatic hydroxyl groups is 2. The number of methoxy groups -OCH3 is 1. The van der Waals surface area contributed by atoms with E-state index in [2.05, 4.69) is 5.32 Å². The third kappa shape index (κ3) is 6.82. The van der Waals surface area contributed by atoms with Gasteiger partial charge in [0, 0.05) is 62.8 Å². The van der Waals surface area contributed by atoms with Crippen molar-refractivity contribution in [1.29, 1.82) is 0 Å². The van der Waals surface area contributed by atoms with E-state index < -0.39 is 17.1 Å². The number of ether oxygens (including phenoxy) is 1. The maximum atomic E-state index is 13.0. The quantitative estimate of drug-likeness (QED) is 0.282. The summed E-state index contributed by atoms with van der Waals surface area (Å²) in [7, 11) is 1.40. The number of benzene rings is 1. The molecule has 1 fully saturated rings. The number of unbranched alkanes of at least 4 members (excludes halogenated alkanes) is 2. The number of amides is 2. The van der Waals surface area contributed by atoms with Crippen LogP contribution in [-0.4, -0.2) is 58.2 Å². The molecule has 5 rings (SSSR count). The lowest BCUT2D eigenvalue weighted by atomic mass is 9.83. The Kier molecular flexibility index (Phi) is 9.41. The lowest BCUT2D eigenvalue weighted by Crippen LogP contribution is -2.49. The van der Waals surface area contributed by atoms with E-state index >= 15 is 0 Å². The number of hydrogen-bond acceptors (Lipinski definition) is 8. The van der Waals surface area contributed by atoms with E-state index in [0.717, 1.165) is 18.5 Å². The summed E-state index contributed by atoms with van der Waals surface area (Å²) in [6, 6.07) is 11.1. The van der Waals surface area contributed by atoms with Gasteiger partial charge in [-0.3, -0.25) is 19.2 Å². The highest BCUT2D eigenvalue weighted by atomic mass is 16.5. The largest absolute Gasteiger partial charge is 0.504 e. The van der Waals surface area contributed by atoms with Gasteiger partial charge in [0.2, 0.25) is 23.0 Å². The number of pyridine rings is 1. The number of carbonyl (C=O) groups is 2. The molecule has 2 aromatic heterocycles. The Labute approximate surface area is 255 Å². The molecule has 1 aromatic carbocycles. The van der Waals surface area contributed by atoms with Gasteiger partial charge in [-0.1, -0.05) is 18.6 Å². The second kappa shape index (κ2) is 13.4. The number of nitrogens with zero attached hydrogens (tertiary/aromatic N) is 2. The van der Waals surface area contributed by atoms with Gasteiger partial charge in [0.25, 0.3) is 5.56 Å². The van der Waals surface area contributed by atoms with E-state index in [4.69, 9.17) is 9.15 Å². The van der Waals surface area contributed by atoms with Crippen LogP contribution in [0.5, 0.6) is 17.2 Å². The minimum atomic E-state index is -0.802. The lowest BCUT2D eigenvalue weighted by molar-refractivity contribution is -0.134. The highest BCUT2D eigenvalue weighted by Crippen LogP contribution is 2.37. The van der Waals surface area contributed by atoms with Crippen molar-refractivity contribution in [1.82, 2.24) is 14.8 Å². The molecule has 2 bridgehead atoms. The van der Waals surface area contributed by atoms with Crippen molar-refractivity contribution in [3.8, 4) is 17.2 Å². The number of fused-ring (bicyclic) bond motifs is 4. The molecule has 2 aliphatic rings. The summed E-state index contributed by atoms with van der Waals surface area (Å²) in [5.74, 6) is -0.704. The fourth-order valence-electron chi connectivity index (χ4n) is 6.46. The SMILES string of the molecule is COc1cc(C(CC(=O)NCCCCCC(=O)N2C[C@H]3C[C@@H](C2)c2cccc(=O)n2C3)c2oc(C)cc(=O)c2O)ccc1O. The Morgan fingerprint density at radius 1 is 1.07 bits per heavy atom. The third-order valence-corrected chi connectivity index (χ3v) is 8.61. The Morgan fingerprint density at radius 2 is 1.89 bits per heavy atom. The number of phenols is 1. The standard InChI is InChI=1S/C33H39N3O8/c1-20-13-27(38)32(42)33(44-20)24(22-10-11-26(37)28(15-22)43-2)16-29(39)34-12-5-3-4-8-30(40)35-17-21-14-23(19-35)25-7-6-9-31(41)36(25)18-21/h6-7,9-11,13,15,21,23-24,37,42H,3-5,8,12,14,16-19H2,1-2H3,(H,34,39)/t21-,23+,24?/m1/s1. The zero-order chi connectivity index (χ0) is 31.4. The van der Waals surface area contributed by atoms with Crippen molar-refractivity contribution in [2.75, 3.05) is 26.7 Å². The summed E-state index contributed by atoms with van der Waals surface area (Å²) in [5.41, 5.74) is 0.964. The van der Waals surface area contributed by atoms with Gasteiger partial charge >= 0.3 is 0 Å². The van der Waals surface area contributed by atoms with Crippen molar-refractivity contribution in [3.63, 3.8) is 0 Å². The summed E-state index contributed by atoms with van der Waals surface area (Å²) < 4.78 is 12.8. The van der Waals surface area contributed by atoms with Crippen LogP contribution in [-0.2, 0) is 16.1 Å². The first-order chi connectivity index (χ1) is 21.1. The molecular weight excluding hydrogens is 566 g/mol. The van der Waals surface area contributed by atoms with Gasteiger partial charge < -0.3 is 34.2 Å². The number of aryl methyl sites for hydroxylation is 1. The van der Waals surface area contributed by atoms with Crippen LogP contribution in [0, 0.1) is 12.8 Å². The summed E-state index contributed by atoms with van der Waals surface area (Å²) >= 11 is 0. The molecule has 0 saturated carbocycles. The maximum Gasteiger partial charge on any atom is 0.250 e. The molecule has 1 saturated heterocycles. The Hall–Kier alpha value is -4.54. The molecule has 3 aromatic rings. The third-order valence-electron chi connectivity index (χ3n) is 8.61. The smallest absolute Gasteiger partial charge is 0.250 e. The average molecular weight is 606 g/mol. The monoisotopic (exact) mass is 605 g/mol. The predicted octanol–water partition coefficient (Wildman–Crippen LogP) is 3.37. The van der Waals surface area contributed by atoms with Crippen LogP contribution in [0.2, 0.25) is 0 Å². The highest BCUT2D eigenvalue weighted by molar-refractivity contribution is 5.78. The zero-order valence-corrected chi connectivity index (χ0v) is 25.1. The Bertz CT molecular complexity index is 1640. The molecule has 3 N–H and O–H groups in total. The molecule has 3 atom stereocenters. The molecule has 2 aliphatic heterocycles. The zero-order valence-electron chi connectivity index (χ0n) is 25.1. The van der Waals surface area contributed by atoms with E-state index in [-0.39, 0.29) is 47.0 Å². The van der Waals surface area contributed by atoms with Crippen LogP contribution in [0.1, 0.15) is 73.1 Å². The predicted molar refractivity (Wildman–Crippen MR) is 162 cm³/mol. The van der Waals surface area contributed by atoms with Crippen molar-refractivity contribution < 1.29 is 29.0 Å². The number of aromatic nitrogens is 1. The van der Waals surface area contributed by atoms with Crippen LogP contribution in [0.25, 0.3) is 0 Å². The number of nitrogens with one attached hydrogen (secondary N) is 1. The van der Waals surface area contributed by atoms with Gasteiger partial charge in [-0.2, -0.15) is 0 Å². The summed E-state index contributed by atoms with van der Waals surface area (Å²) in [5, 5.41) is 23.4. The topological polar surface area (TPSA) is 151 Å². The Balaban J connectivity index is 1.11. The molecule has 0 radical (unpaired) electrons. The first-order valence-electron chi connectivity index (χ1n) is 15.1. The van der Waals surface area contributed by atoms with E-state index in [0.29, 0.717) is 62.7 Å². The van der Waals surface area contributed by atoms with Crippen molar-refractivity contribution >= 4 is 11.8 Å². The van der Waals surface area contributed by atoms with E-state index in [1.807, 2.05) is 15.5 Å². The van der Waals surface area contributed by atoms with Crippen LogP contribution < -0.4 is 21.0 Å². The lowest BCUT2D eigenvalue weighted by Gasteiger charge is -2.42. The molecule has 44 heavy (non-hydrogen) atoms. The van der Waals surface area contributed by atoms with Crippen molar-refractivity contribution in [3.05, 3.63) is 85.8 Å².